The highest BCUT2D eigenvalue weighted by Crippen LogP contribution is 2.43. The Kier molecular flexibility index (Phi) is 6.97. The second-order valence-corrected chi connectivity index (χ2v) is 13.7. The third kappa shape index (κ3) is 4.65. The van der Waals surface area contributed by atoms with Crippen molar-refractivity contribution in [2.24, 2.45) is 4.99 Å². The minimum absolute atomic E-state index is 0.282. The molecule has 0 bridgehead atoms. The van der Waals surface area contributed by atoms with Crippen molar-refractivity contribution < 1.29 is 0 Å². The first-order valence-electron chi connectivity index (χ1n) is 17.9. The molecule has 248 valence electrons. The second kappa shape index (κ2) is 12.0. The van der Waals surface area contributed by atoms with Gasteiger partial charge in [0.25, 0.3) is 0 Å². The van der Waals surface area contributed by atoms with Crippen molar-refractivity contribution in [3.8, 4) is 11.4 Å². The molecule has 1 N–H and O–H groups in total. The molecule has 1 unspecified atom stereocenters. The fraction of sp³-hybridized carbons (Fsp3) is 0.0625. The Morgan fingerprint density at radius 1 is 0.500 bits per heavy atom. The maximum absolute atomic E-state index is 5.34. The standard InChI is InChI=1S/C48H36N4/c1-31-16-15-17-32(2)46(31)52-43-27-14-11-24-37(43)38-28-29-44(51-41-25-12-9-22-35(41)36-23-10-13-26-42(36)51)45(47(38)52)40-30-39(33-18-5-3-6-19-33)49-48(50-40)34-20-7-4-8-21-34/h3-30,48,50H,1-2H3. The van der Waals surface area contributed by atoms with E-state index in [0.717, 1.165) is 39.3 Å². The van der Waals surface area contributed by atoms with E-state index in [-0.39, 0.29) is 6.17 Å². The number of rotatable bonds is 5. The number of hydrogen-bond donors (Lipinski definition) is 1. The molecule has 0 aliphatic carbocycles. The number of aromatic nitrogens is 2. The molecule has 0 saturated carbocycles. The van der Waals surface area contributed by atoms with Crippen LogP contribution in [-0.2, 0) is 0 Å². The normalized spacial score (nSPS) is 14.5. The van der Waals surface area contributed by atoms with Crippen molar-refractivity contribution in [2.45, 2.75) is 20.0 Å². The molecule has 1 aliphatic rings. The fourth-order valence-electron chi connectivity index (χ4n) is 8.31. The first-order chi connectivity index (χ1) is 25.7. The molecule has 0 saturated heterocycles. The molecule has 0 amide bonds. The van der Waals surface area contributed by atoms with Crippen molar-refractivity contribution in [3.05, 3.63) is 198 Å². The molecular weight excluding hydrogens is 633 g/mol. The summed E-state index contributed by atoms with van der Waals surface area (Å²) in [6, 6.07) is 58.8. The summed E-state index contributed by atoms with van der Waals surface area (Å²) in [4.78, 5) is 5.34. The Balaban J connectivity index is 1.39. The van der Waals surface area contributed by atoms with E-state index in [0.29, 0.717) is 0 Å². The summed E-state index contributed by atoms with van der Waals surface area (Å²) < 4.78 is 4.97. The topological polar surface area (TPSA) is 34.2 Å². The molecule has 1 atom stereocenters. The molecule has 0 radical (unpaired) electrons. The van der Waals surface area contributed by atoms with Crippen molar-refractivity contribution in [3.63, 3.8) is 0 Å². The van der Waals surface area contributed by atoms with Crippen LogP contribution in [0.3, 0.4) is 0 Å². The Labute approximate surface area is 302 Å². The average molecular weight is 669 g/mol. The van der Waals surface area contributed by atoms with Crippen molar-refractivity contribution in [1.82, 2.24) is 14.5 Å². The predicted molar refractivity (Wildman–Crippen MR) is 218 cm³/mol. The first kappa shape index (κ1) is 30.2. The quantitative estimate of drug-likeness (QED) is 0.195. The summed E-state index contributed by atoms with van der Waals surface area (Å²) >= 11 is 0. The highest BCUT2D eigenvalue weighted by molar-refractivity contribution is 6.18. The number of aliphatic imine (C=N–C) groups is 1. The van der Waals surface area contributed by atoms with Gasteiger partial charge in [-0.15, -0.1) is 0 Å². The van der Waals surface area contributed by atoms with E-state index in [4.69, 9.17) is 4.99 Å². The minimum Gasteiger partial charge on any atom is -0.359 e. The Morgan fingerprint density at radius 2 is 1.04 bits per heavy atom. The van der Waals surface area contributed by atoms with Gasteiger partial charge in [0, 0.05) is 32.8 Å². The zero-order valence-corrected chi connectivity index (χ0v) is 29.1. The maximum Gasteiger partial charge on any atom is 0.145 e. The molecule has 1 aliphatic heterocycles. The SMILES string of the molecule is Cc1cccc(C)c1-n1c2ccccc2c2ccc(-n3c4ccccc4c4ccccc43)c(C3=CC(c4ccccc4)=NC(c4ccccc4)N3)c21. The molecule has 3 heterocycles. The number of hydrogen-bond acceptors (Lipinski definition) is 2. The lowest BCUT2D eigenvalue weighted by Crippen LogP contribution is -2.26. The molecule has 4 nitrogen and oxygen atoms in total. The number of allylic oxidation sites excluding steroid dienone is 1. The van der Waals surface area contributed by atoms with Gasteiger partial charge in [-0.1, -0.05) is 140 Å². The van der Waals surface area contributed by atoms with E-state index >= 15 is 0 Å². The fourth-order valence-corrected chi connectivity index (χ4v) is 8.31. The molecular formula is C48H36N4. The molecule has 52 heavy (non-hydrogen) atoms. The average Bonchev–Trinajstić information content (AvgIpc) is 3.71. The van der Waals surface area contributed by atoms with E-state index in [1.54, 1.807) is 0 Å². The van der Waals surface area contributed by atoms with Gasteiger partial charge in [0.2, 0.25) is 0 Å². The summed E-state index contributed by atoms with van der Waals surface area (Å²) in [6.07, 6.45) is 1.98. The van der Waals surface area contributed by atoms with E-state index in [9.17, 15) is 0 Å². The van der Waals surface area contributed by atoms with Crippen molar-refractivity contribution >= 4 is 55.0 Å². The summed E-state index contributed by atoms with van der Waals surface area (Å²) in [7, 11) is 0. The van der Waals surface area contributed by atoms with Crippen molar-refractivity contribution in [2.75, 3.05) is 0 Å². The van der Waals surface area contributed by atoms with Crippen LogP contribution < -0.4 is 5.32 Å². The van der Waals surface area contributed by atoms with Crippen LogP contribution in [0.15, 0.2) is 175 Å². The number of fused-ring (bicyclic) bond motifs is 6. The molecule has 0 spiro atoms. The molecule has 10 rings (SSSR count). The largest absolute Gasteiger partial charge is 0.359 e. The van der Waals surface area contributed by atoms with Gasteiger partial charge in [-0.05, 0) is 66.4 Å². The Hall–Kier alpha value is -6.65. The highest BCUT2D eigenvalue weighted by Gasteiger charge is 2.28. The van der Waals surface area contributed by atoms with Crippen LogP contribution in [0, 0.1) is 13.8 Å². The highest BCUT2D eigenvalue weighted by atomic mass is 15.1. The van der Waals surface area contributed by atoms with Gasteiger partial charge in [0.05, 0.1) is 39.2 Å². The summed E-state index contributed by atoms with van der Waals surface area (Å²) in [6.45, 7) is 4.45. The number of nitrogens with one attached hydrogen (secondary N) is 1. The van der Waals surface area contributed by atoms with Gasteiger partial charge in [-0.3, -0.25) is 4.99 Å². The van der Waals surface area contributed by atoms with Gasteiger partial charge in [0.1, 0.15) is 6.17 Å². The minimum atomic E-state index is -0.282. The lowest BCUT2D eigenvalue weighted by Gasteiger charge is -2.28. The van der Waals surface area contributed by atoms with Crippen LogP contribution in [0.1, 0.15) is 34.0 Å². The molecule has 2 aromatic heterocycles. The lowest BCUT2D eigenvalue weighted by molar-refractivity contribution is 0.664. The number of para-hydroxylation sites is 4. The third-order valence-corrected chi connectivity index (χ3v) is 10.6. The van der Waals surface area contributed by atoms with E-state index < -0.39 is 0 Å². The van der Waals surface area contributed by atoms with Crippen LogP contribution in [0.25, 0.3) is 60.7 Å². The molecule has 0 fully saturated rings. The molecule has 7 aromatic carbocycles. The van der Waals surface area contributed by atoms with Crippen LogP contribution in [0.5, 0.6) is 0 Å². The second-order valence-electron chi connectivity index (χ2n) is 13.7. The van der Waals surface area contributed by atoms with Crippen LogP contribution in [0.2, 0.25) is 0 Å². The zero-order chi connectivity index (χ0) is 34.8. The van der Waals surface area contributed by atoms with E-state index in [1.165, 1.54) is 54.9 Å². The van der Waals surface area contributed by atoms with Gasteiger partial charge >= 0.3 is 0 Å². The predicted octanol–water partition coefficient (Wildman–Crippen LogP) is 11.6. The summed E-state index contributed by atoms with van der Waals surface area (Å²) in [5, 5.41) is 8.88. The Morgan fingerprint density at radius 3 is 1.67 bits per heavy atom. The number of benzene rings is 7. The summed E-state index contributed by atoms with van der Waals surface area (Å²) in [5.41, 5.74) is 14.8. The molecule has 9 aromatic rings. The van der Waals surface area contributed by atoms with E-state index in [1.807, 2.05) is 0 Å². The van der Waals surface area contributed by atoms with Crippen molar-refractivity contribution in [1.29, 1.82) is 0 Å². The zero-order valence-electron chi connectivity index (χ0n) is 29.1. The monoisotopic (exact) mass is 668 g/mol. The summed E-state index contributed by atoms with van der Waals surface area (Å²) in [5.74, 6) is 0. The third-order valence-electron chi connectivity index (χ3n) is 10.6. The van der Waals surface area contributed by atoms with Gasteiger partial charge in [0.15, 0.2) is 0 Å². The van der Waals surface area contributed by atoms with Crippen LogP contribution >= 0.6 is 0 Å². The smallest absolute Gasteiger partial charge is 0.145 e. The lowest BCUT2D eigenvalue weighted by atomic mass is 9.98. The number of nitrogens with zero attached hydrogens (tertiary/aromatic N) is 3. The van der Waals surface area contributed by atoms with Gasteiger partial charge in [-0.25, -0.2) is 0 Å². The first-order valence-corrected chi connectivity index (χ1v) is 17.9. The Bertz CT molecular complexity index is 2820. The van der Waals surface area contributed by atoms with E-state index in [2.05, 4.69) is 198 Å². The molecule has 4 heteroatoms. The maximum atomic E-state index is 5.34. The van der Waals surface area contributed by atoms with Gasteiger partial charge < -0.3 is 14.5 Å². The number of aryl methyl sites for hydroxylation is 2. The van der Waals surface area contributed by atoms with Crippen LogP contribution in [-0.4, -0.2) is 14.8 Å². The van der Waals surface area contributed by atoms with Gasteiger partial charge in [-0.2, -0.15) is 0 Å². The van der Waals surface area contributed by atoms with Crippen LogP contribution in [0.4, 0.5) is 0 Å².